The molecule has 2 atom stereocenters. The highest BCUT2D eigenvalue weighted by Crippen LogP contribution is 2.27. The van der Waals surface area contributed by atoms with E-state index in [1.165, 1.54) is 28.8 Å². The van der Waals surface area contributed by atoms with Crippen LogP contribution in [0.4, 0.5) is 25.4 Å². The predicted octanol–water partition coefficient (Wildman–Crippen LogP) is 3.37. The summed E-state index contributed by atoms with van der Waals surface area (Å²) in [7, 11) is 0. The highest BCUT2D eigenvalue weighted by Gasteiger charge is 2.27. The Morgan fingerprint density at radius 2 is 1.74 bits per heavy atom. The SMILES string of the molecule is CCn1cc(C(=O)O)c(=O)c2cc(F)c(N3CCN(C(=O)OCc4ccc(NC(=O)[C@H](CCCNC(N)=O)n5cc([C@@H](NC(C)=O)C(C)C)nn5)cc4)CC3)cc21. The molecule has 0 saturated carbocycles. The van der Waals surface area contributed by atoms with Crippen LogP contribution in [-0.2, 0) is 27.5 Å². The van der Waals surface area contributed by atoms with Crippen molar-refractivity contribution in [1.29, 1.82) is 0 Å². The summed E-state index contributed by atoms with van der Waals surface area (Å²) < 4.78 is 23.9. The number of hydrogen-bond acceptors (Lipinski definition) is 10. The number of hydrogen-bond donors (Lipinski definition) is 5. The Labute approximate surface area is 327 Å². The van der Waals surface area contributed by atoms with Gasteiger partial charge < -0.3 is 45.9 Å². The van der Waals surface area contributed by atoms with Crippen LogP contribution in [-0.4, -0.2) is 92.2 Å². The van der Waals surface area contributed by atoms with Gasteiger partial charge in [0.15, 0.2) is 0 Å². The lowest BCUT2D eigenvalue weighted by atomic mass is 10.0. The van der Waals surface area contributed by atoms with E-state index in [9.17, 15) is 33.9 Å². The number of aromatic carboxylic acids is 1. The average Bonchev–Trinajstić information content (AvgIpc) is 3.65. The van der Waals surface area contributed by atoms with Crippen molar-refractivity contribution in [3.05, 3.63) is 81.7 Å². The molecule has 0 unspecified atom stereocenters. The van der Waals surface area contributed by atoms with Gasteiger partial charge in [-0.05, 0) is 55.5 Å². The predicted molar refractivity (Wildman–Crippen MR) is 207 cm³/mol. The van der Waals surface area contributed by atoms with E-state index in [0.717, 1.165) is 6.07 Å². The molecule has 0 radical (unpaired) electrons. The van der Waals surface area contributed by atoms with Crippen molar-refractivity contribution in [3.8, 4) is 0 Å². The topological polar surface area (TPSA) is 236 Å². The molecular weight excluding hydrogens is 743 g/mol. The molecule has 1 aliphatic rings. The minimum atomic E-state index is -1.38. The van der Waals surface area contributed by atoms with Crippen LogP contribution in [0, 0.1) is 11.7 Å². The van der Waals surface area contributed by atoms with Crippen LogP contribution in [0.5, 0.6) is 0 Å². The fourth-order valence-corrected chi connectivity index (χ4v) is 6.61. The van der Waals surface area contributed by atoms with Crippen LogP contribution in [0.15, 0.2) is 53.6 Å². The second kappa shape index (κ2) is 18.4. The quantitative estimate of drug-likeness (QED) is 0.110. The molecular formula is C38H47FN10O8. The Morgan fingerprint density at radius 1 is 1.04 bits per heavy atom. The monoisotopic (exact) mass is 790 g/mol. The number of nitrogens with zero attached hydrogens (tertiary/aromatic N) is 6. The maximum Gasteiger partial charge on any atom is 0.410 e. The van der Waals surface area contributed by atoms with Crippen molar-refractivity contribution in [3.63, 3.8) is 0 Å². The van der Waals surface area contributed by atoms with Gasteiger partial charge in [0, 0.05) is 63.5 Å². The van der Waals surface area contributed by atoms with Crippen LogP contribution in [0.25, 0.3) is 10.9 Å². The van der Waals surface area contributed by atoms with Crippen molar-refractivity contribution in [2.45, 2.75) is 65.8 Å². The molecule has 19 heteroatoms. The van der Waals surface area contributed by atoms with Crippen molar-refractivity contribution in [2.24, 2.45) is 11.7 Å². The summed E-state index contributed by atoms with van der Waals surface area (Å²) >= 11 is 0. The minimum absolute atomic E-state index is 0.00481. The second-order valence-corrected chi connectivity index (χ2v) is 14.0. The molecule has 2 aromatic carbocycles. The first-order valence-corrected chi connectivity index (χ1v) is 18.5. The van der Waals surface area contributed by atoms with E-state index in [2.05, 4.69) is 26.3 Å². The number of pyridine rings is 1. The molecule has 2 aromatic heterocycles. The number of nitrogens with two attached hydrogens (primary N) is 1. The highest BCUT2D eigenvalue weighted by atomic mass is 19.1. The molecule has 1 aliphatic heterocycles. The molecule has 57 heavy (non-hydrogen) atoms. The Morgan fingerprint density at radius 3 is 2.35 bits per heavy atom. The smallest absolute Gasteiger partial charge is 0.410 e. The number of carbonyl (C=O) groups excluding carboxylic acids is 4. The lowest BCUT2D eigenvalue weighted by Gasteiger charge is -2.35. The number of carboxylic acid groups (broad SMARTS) is 1. The molecule has 1 saturated heterocycles. The zero-order valence-electron chi connectivity index (χ0n) is 32.2. The van der Waals surface area contributed by atoms with Crippen LogP contribution in [0.3, 0.4) is 0 Å². The number of aromatic nitrogens is 4. The molecule has 5 amide bonds. The first-order valence-electron chi connectivity index (χ1n) is 18.5. The first kappa shape index (κ1) is 41.6. The normalized spacial score (nSPS) is 13.9. The van der Waals surface area contributed by atoms with Gasteiger partial charge in [-0.15, -0.1) is 5.10 Å². The van der Waals surface area contributed by atoms with Gasteiger partial charge in [-0.25, -0.2) is 23.5 Å². The number of anilines is 2. The molecule has 0 spiro atoms. The van der Waals surface area contributed by atoms with Gasteiger partial charge in [-0.1, -0.05) is 31.2 Å². The zero-order chi connectivity index (χ0) is 41.4. The standard InChI is InChI=1S/C38H47FN10O8/c1-5-46-19-27(36(53)54)34(51)26-17-28(39)32(18-31(26)46)47-13-15-48(16-14-47)38(56)57-21-24-8-10-25(11-9-24)43-35(52)30(7-6-12-41-37(40)55)49-20-29(44-45-49)33(22(2)3)42-23(4)50/h8-11,17-20,22,30,33H,5-7,12-16,21H2,1-4H3,(H,42,50)(H,43,52)(H,53,54)(H3,40,41,55)/t30-,33-/m0/s1. The molecule has 18 nitrogen and oxygen atoms in total. The maximum atomic E-state index is 15.3. The number of carbonyl (C=O) groups is 5. The molecule has 3 heterocycles. The molecule has 304 valence electrons. The number of benzene rings is 2. The van der Waals surface area contributed by atoms with Crippen LogP contribution in [0.2, 0.25) is 0 Å². The Hall–Kier alpha value is -6.53. The second-order valence-electron chi connectivity index (χ2n) is 14.0. The van der Waals surface area contributed by atoms with E-state index < -0.39 is 47.0 Å². The number of piperazine rings is 1. The van der Waals surface area contributed by atoms with Gasteiger partial charge in [-0.2, -0.15) is 0 Å². The van der Waals surface area contributed by atoms with Crippen molar-refractivity contribution >= 4 is 52.2 Å². The number of amides is 5. The molecule has 0 bridgehead atoms. The number of halogens is 1. The zero-order valence-corrected chi connectivity index (χ0v) is 32.2. The van der Waals surface area contributed by atoms with E-state index in [0.29, 0.717) is 48.5 Å². The molecule has 4 aromatic rings. The molecule has 1 fully saturated rings. The van der Waals surface area contributed by atoms with E-state index in [1.54, 1.807) is 46.9 Å². The van der Waals surface area contributed by atoms with Crippen LogP contribution in [0.1, 0.15) is 74.2 Å². The van der Waals surface area contributed by atoms with Gasteiger partial charge in [-0.3, -0.25) is 14.4 Å². The minimum Gasteiger partial charge on any atom is -0.477 e. The summed E-state index contributed by atoms with van der Waals surface area (Å²) in [5.74, 6) is -2.66. The summed E-state index contributed by atoms with van der Waals surface area (Å²) in [6, 6.07) is 7.46. The Kier molecular flexibility index (Phi) is 13.4. The number of fused-ring (bicyclic) bond motifs is 1. The Bertz CT molecular complexity index is 2180. The third-order valence-electron chi connectivity index (χ3n) is 9.63. The van der Waals surface area contributed by atoms with E-state index in [4.69, 9.17) is 10.5 Å². The number of ether oxygens (including phenoxy) is 1. The van der Waals surface area contributed by atoms with Gasteiger partial charge in [0.1, 0.15) is 29.7 Å². The number of primary amides is 1. The molecule has 5 rings (SSSR count). The van der Waals surface area contributed by atoms with Gasteiger partial charge in [0.2, 0.25) is 17.2 Å². The summed E-state index contributed by atoms with van der Waals surface area (Å²) in [4.78, 5) is 77.1. The molecule has 0 aliphatic carbocycles. The summed E-state index contributed by atoms with van der Waals surface area (Å²) in [6.45, 7) is 8.72. The van der Waals surface area contributed by atoms with E-state index in [1.807, 2.05) is 13.8 Å². The fourth-order valence-electron chi connectivity index (χ4n) is 6.61. The van der Waals surface area contributed by atoms with E-state index in [-0.39, 0.29) is 61.5 Å². The van der Waals surface area contributed by atoms with E-state index >= 15 is 4.39 Å². The summed E-state index contributed by atoms with van der Waals surface area (Å²) in [6.07, 6.45) is 3.03. The lowest BCUT2D eigenvalue weighted by molar-refractivity contribution is -0.120. The molecule has 6 N–H and O–H groups in total. The van der Waals surface area contributed by atoms with Gasteiger partial charge >= 0.3 is 18.1 Å². The van der Waals surface area contributed by atoms with Crippen molar-refractivity contribution in [2.75, 3.05) is 42.9 Å². The van der Waals surface area contributed by atoms with Crippen LogP contribution >= 0.6 is 0 Å². The summed E-state index contributed by atoms with van der Waals surface area (Å²) in [5.41, 5.74) is 6.29. The van der Waals surface area contributed by atoms with Crippen molar-refractivity contribution < 1.29 is 38.2 Å². The largest absolute Gasteiger partial charge is 0.477 e. The number of aryl methyl sites for hydroxylation is 1. The van der Waals surface area contributed by atoms with Gasteiger partial charge in [0.25, 0.3) is 0 Å². The number of nitrogens with one attached hydrogen (secondary N) is 3. The number of urea groups is 1. The van der Waals surface area contributed by atoms with Crippen LogP contribution < -0.4 is 32.0 Å². The lowest BCUT2D eigenvalue weighted by Crippen LogP contribution is -2.49. The average molecular weight is 791 g/mol. The van der Waals surface area contributed by atoms with Crippen molar-refractivity contribution in [1.82, 2.24) is 35.1 Å². The number of rotatable bonds is 15. The third kappa shape index (κ3) is 10.2. The fraction of sp³-hybridized carbons (Fsp3) is 0.421. The highest BCUT2D eigenvalue weighted by molar-refractivity contribution is 5.94. The first-order chi connectivity index (χ1) is 27.2. The summed E-state index contributed by atoms with van der Waals surface area (Å²) in [5, 5.41) is 26.1. The van der Waals surface area contributed by atoms with Gasteiger partial charge in [0.05, 0.1) is 23.4 Å². The Balaban J connectivity index is 1.17. The maximum absolute atomic E-state index is 15.3. The third-order valence-corrected chi connectivity index (χ3v) is 9.63. The number of carboxylic acids is 1.